The number of imidazole rings is 1. The molecule has 1 N–H and O–H groups in total. The van der Waals surface area contributed by atoms with Gasteiger partial charge in [0.05, 0.1) is 14.2 Å². The minimum absolute atomic E-state index is 0.191. The largest absolute Gasteiger partial charge is 0.497 e. The zero-order valence-electron chi connectivity index (χ0n) is 15.0. The number of benzene rings is 2. The molecule has 26 heavy (non-hydrogen) atoms. The summed E-state index contributed by atoms with van der Waals surface area (Å²) in [7, 11) is 5.11. The molecule has 0 bridgehead atoms. The summed E-state index contributed by atoms with van der Waals surface area (Å²) in [6, 6.07) is 14.2. The van der Waals surface area contributed by atoms with Crippen molar-refractivity contribution in [2.24, 2.45) is 7.05 Å². The molecule has 6 heteroatoms. The van der Waals surface area contributed by atoms with Gasteiger partial charge in [0.25, 0.3) is 5.91 Å². The molecule has 0 radical (unpaired) electrons. The lowest BCUT2D eigenvalue weighted by atomic mass is 10.0. The number of rotatable bonds is 6. The summed E-state index contributed by atoms with van der Waals surface area (Å²) in [6.45, 7) is 0. The lowest BCUT2D eigenvalue weighted by Gasteiger charge is -2.20. The summed E-state index contributed by atoms with van der Waals surface area (Å²) >= 11 is 0. The van der Waals surface area contributed by atoms with Gasteiger partial charge in [0.2, 0.25) is 0 Å². The van der Waals surface area contributed by atoms with Crippen LogP contribution in [0.1, 0.15) is 27.8 Å². The average molecular weight is 351 g/mol. The third-order valence-electron chi connectivity index (χ3n) is 4.17. The molecule has 134 valence electrons. The van der Waals surface area contributed by atoms with Crippen LogP contribution in [0.4, 0.5) is 0 Å². The van der Waals surface area contributed by atoms with Gasteiger partial charge in [-0.15, -0.1) is 0 Å². The van der Waals surface area contributed by atoms with Crippen molar-refractivity contribution < 1.29 is 14.3 Å². The Balaban J connectivity index is 1.92. The van der Waals surface area contributed by atoms with Crippen LogP contribution in [0, 0.1) is 0 Å². The van der Waals surface area contributed by atoms with Crippen LogP contribution >= 0.6 is 0 Å². The first kappa shape index (κ1) is 17.5. The van der Waals surface area contributed by atoms with Gasteiger partial charge in [-0.05, 0) is 42.0 Å². The van der Waals surface area contributed by atoms with Crippen LogP contribution in [0.15, 0.2) is 60.9 Å². The van der Waals surface area contributed by atoms with Crippen molar-refractivity contribution in [2.45, 2.75) is 6.04 Å². The van der Waals surface area contributed by atoms with Crippen molar-refractivity contribution in [1.82, 2.24) is 14.9 Å². The maximum Gasteiger partial charge on any atom is 0.252 e. The summed E-state index contributed by atoms with van der Waals surface area (Å²) in [4.78, 5) is 17.2. The predicted octanol–water partition coefficient (Wildman–Crippen LogP) is 2.96. The van der Waals surface area contributed by atoms with E-state index in [1.807, 2.05) is 42.1 Å². The molecular formula is C20H21N3O3. The maximum atomic E-state index is 12.8. The van der Waals surface area contributed by atoms with Gasteiger partial charge in [0.1, 0.15) is 23.4 Å². The van der Waals surface area contributed by atoms with Crippen LogP contribution in [-0.4, -0.2) is 29.7 Å². The summed E-state index contributed by atoms with van der Waals surface area (Å²) in [5.74, 6) is 1.97. The van der Waals surface area contributed by atoms with E-state index < -0.39 is 6.04 Å². The predicted molar refractivity (Wildman–Crippen MR) is 98.5 cm³/mol. The number of nitrogens with one attached hydrogen (secondary N) is 1. The Hall–Kier alpha value is -3.28. The van der Waals surface area contributed by atoms with Gasteiger partial charge in [-0.1, -0.05) is 12.1 Å². The second-order valence-electron chi connectivity index (χ2n) is 5.81. The summed E-state index contributed by atoms with van der Waals surface area (Å²) in [5.41, 5.74) is 1.44. The number of methoxy groups -OCH3 is 2. The highest BCUT2D eigenvalue weighted by molar-refractivity contribution is 5.94. The number of ether oxygens (including phenoxy) is 2. The summed E-state index contributed by atoms with van der Waals surface area (Å²) < 4.78 is 12.3. The fourth-order valence-electron chi connectivity index (χ4n) is 2.73. The van der Waals surface area contributed by atoms with Crippen molar-refractivity contribution >= 4 is 5.91 Å². The van der Waals surface area contributed by atoms with Crippen LogP contribution in [0.2, 0.25) is 0 Å². The molecule has 0 saturated heterocycles. The topological polar surface area (TPSA) is 65.4 Å². The Morgan fingerprint density at radius 1 is 1.08 bits per heavy atom. The number of hydrogen-bond acceptors (Lipinski definition) is 4. The lowest BCUT2D eigenvalue weighted by Crippen LogP contribution is -2.31. The molecule has 0 spiro atoms. The van der Waals surface area contributed by atoms with Crippen LogP contribution in [0.3, 0.4) is 0 Å². The van der Waals surface area contributed by atoms with E-state index in [9.17, 15) is 4.79 Å². The Morgan fingerprint density at radius 3 is 2.42 bits per heavy atom. The average Bonchev–Trinajstić information content (AvgIpc) is 3.11. The first-order valence-electron chi connectivity index (χ1n) is 8.18. The molecule has 0 aliphatic carbocycles. The minimum atomic E-state index is -0.403. The van der Waals surface area contributed by atoms with E-state index in [4.69, 9.17) is 9.47 Å². The summed E-state index contributed by atoms with van der Waals surface area (Å²) in [5, 5.41) is 3.06. The number of carbonyl (C=O) groups is 1. The summed E-state index contributed by atoms with van der Waals surface area (Å²) in [6.07, 6.45) is 3.56. The molecule has 0 aliphatic rings. The first-order valence-corrected chi connectivity index (χ1v) is 8.18. The lowest BCUT2D eigenvalue weighted by molar-refractivity contribution is 0.0941. The van der Waals surface area contributed by atoms with Crippen molar-refractivity contribution in [2.75, 3.05) is 14.2 Å². The second-order valence-corrected chi connectivity index (χ2v) is 5.81. The van der Waals surface area contributed by atoms with Crippen molar-refractivity contribution in [3.05, 3.63) is 77.9 Å². The Labute approximate surface area is 152 Å². The SMILES string of the molecule is COc1ccc(C(=O)N[C@H](c2cccc(OC)c2)c2nccn2C)cc1. The molecule has 1 heterocycles. The number of hydrogen-bond donors (Lipinski definition) is 1. The molecule has 0 saturated carbocycles. The van der Waals surface area contributed by atoms with Crippen LogP contribution < -0.4 is 14.8 Å². The maximum absolute atomic E-state index is 12.8. The Bertz CT molecular complexity index is 887. The van der Waals surface area contributed by atoms with Gasteiger partial charge in [0.15, 0.2) is 0 Å². The number of carbonyl (C=O) groups excluding carboxylic acids is 1. The van der Waals surface area contributed by atoms with E-state index in [0.29, 0.717) is 11.3 Å². The monoisotopic (exact) mass is 351 g/mol. The van der Waals surface area contributed by atoms with Gasteiger partial charge >= 0.3 is 0 Å². The molecule has 0 fully saturated rings. The number of nitrogens with zero attached hydrogens (tertiary/aromatic N) is 2. The highest BCUT2D eigenvalue weighted by Crippen LogP contribution is 2.24. The van der Waals surface area contributed by atoms with Crippen molar-refractivity contribution in [3.63, 3.8) is 0 Å². The molecule has 1 amide bonds. The molecule has 3 aromatic rings. The van der Waals surface area contributed by atoms with Crippen molar-refractivity contribution in [3.8, 4) is 11.5 Å². The fourth-order valence-corrected chi connectivity index (χ4v) is 2.73. The molecule has 0 unspecified atom stereocenters. The minimum Gasteiger partial charge on any atom is -0.497 e. The molecule has 6 nitrogen and oxygen atoms in total. The molecule has 1 aromatic heterocycles. The van der Waals surface area contributed by atoms with Crippen molar-refractivity contribution in [1.29, 1.82) is 0 Å². The number of aromatic nitrogens is 2. The number of amides is 1. The van der Waals surface area contributed by atoms with E-state index in [1.165, 1.54) is 0 Å². The molecular weight excluding hydrogens is 330 g/mol. The molecule has 3 rings (SSSR count). The molecule has 0 aliphatic heterocycles. The van der Waals surface area contributed by atoms with Gasteiger partial charge < -0.3 is 19.4 Å². The van der Waals surface area contributed by atoms with Gasteiger partial charge in [-0.25, -0.2) is 4.98 Å². The van der Waals surface area contributed by atoms with E-state index in [-0.39, 0.29) is 5.91 Å². The number of aryl methyl sites for hydroxylation is 1. The quantitative estimate of drug-likeness (QED) is 0.741. The van der Waals surface area contributed by atoms with Crippen LogP contribution in [-0.2, 0) is 7.05 Å². The second kappa shape index (κ2) is 7.74. The van der Waals surface area contributed by atoms with E-state index in [2.05, 4.69) is 10.3 Å². The Kier molecular flexibility index (Phi) is 5.22. The van der Waals surface area contributed by atoms with E-state index >= 15 is 0 Å². The van der Waals surface area contributed by atoms with E-state index in [1.54, 1.807) is 44.7 Å². The standard InChI is InChI=1S/C20H21N3O3/c1-23-12-11-21-19(23)18(15-5-4-6-17(13-15)26-3)22-20(24)14-7-9-16(25-2)10-8-14/h4-13,18H,1-3H3,(H,22,24)/t18-/m1/s1. The molecule has 2 aromatic carbocycles. The van der Waals surface area contributed by atoms with E-state index in [0.717, 1.165) is 17.1 Å². The van der Waals surface area contributed by atoms with Crippen LogP contribution in [0.5, 0.6) is 11.5 Å². The van der Waals surface area contributed by atoms with Gasteiger partial charge in [-0.3, -0.25) is 4.79 Å². The highest BCUT2D eigenvalue weighted by Gasteiger charge is 2.22. The van der Waals surface area contributed by atoms with Gasteiger partial charge in [-0.2, -0.15) is 0 Å². The zero-order chi connectivity index (χ0) is 18.5. The van der Waals surface area contributed by atoms with Crippen LogP contribution in [0.25, 0.3) is 0 Å². The molecule has 1 atom stereocenters. The zero-order valence-corrected chi connectivity index (χ0v) is 15.0. The van der Waals surface area contributed by atoms with Gasteiger partial charge in [0, 0.05) is 25.0 Å². The third kappa shape index (κ3) is 3.69. The fraction of sp³-hybridized carbons (Fsp3) is 0.200. The Morgan fingerprint density at radius 2 is 1.81 bits per heavy atom. The first-order chi connectivity index (χ1) is 12.6. The highest BCUT2D eigenvalue weighted by atomic mass is 16.5. The third-order valence-corrected chi connectivity index (χ3v) is 4.17. The smallest absolute Gasteiger partial charge is 0.252 e. The normalized spacial score (nSPS) is 11.7.